The Morgan fingerprint density at radius 2 is 2.00 bits per heavy atom. The smallest absolute Gasteiger partial charge is 0.178 e. The van der Waals surface area contributed by atoms with Crippen molar-refractivity contribution < 1.29 is 23.1 Å². The Labute approximate surface area is 174 Å². The first-order valence-corrected chi connectivity index (χ1v) is 11.5. The van der Waals surface area contributed by atoms with Gasteiger partial charge in [-0.3, -0.25) is 4.79 Å². The number of allylic oxidation sites excluding steroid dienone is 4. The van der Waals surface area contributed by atoms with E-state index >= 15 is 8.78 Å². The van der Waals surface area contributed by atoms with E-state index in [-0.39, 0.29) is 36.0 Å². The van der Waals surface area contributed by atoms with Gasteiger partial charge in [-0.2, -0.15) is 11.4 Å². The van der Waals surface area contributed by atoms with Crippen molar-refractivity contribution in [1.82, 2.24) is 0 Å². The number of hydrogen-bond donors (Lipinski definition) is 2. The second-order valence-electron chi connectivity index (χ2n) is 10.1. The average molecular weight is 428 g/mol. The minimum atomic E-state index is -2.09. The van der Waals surface area contributed by atoms with Crippen molar-refractivity contribution in [1.29, 1.82) is 0 Å². The van der Waals surface area contributed by atoms with Gasteiger partial charge >= 0.3 is 0 Å². The van der Waals surface area contributed by atoms with Gasteiger partial charge in [-0.25, -0.2) is 13.2 Å². The third-order valence-electron chi connectivity index (χ3n) is 8.70. The van der Waals surface area contributed by atoms with Crippen LogP contribution in [0.2, 0.25) is 0 Å². The van der Waals surface area contributed by atoms with Gasteiger partial charge in [0, 0.05) is 16.7 Å². The van der Waals surface area contributed by atoms with Crippen LogP contribution in [0.15, 0.2) is 23.8 Å². The average Bonchev–Trinajstić information content (AvgIpc) is 2.90. The molecule has 0 amide bonds. The van der Waals surface area contributed by atoms with E-state index in [1.165, 1.54) is 18.2 Å². The molecule has 0 aromatic carbocycles. The van der Waals surface area contributed by atoms with Gasteiger partial charge in [0.25, 0.3) is 0 Å². The summed E-state index contributed by atoms with van der Waals surface area (Å²) in [4.78, 5) is 11.9. The van der Waals surface area contributed by atoms with Gasteiger partial charge in [0.05, 0.1) is 6.10 Å². The highest BCUT2D eigenvalue weighted by atomic mass is 32.1. The molecule has 29 heavy (non-hydrogen) atoms. The minimum Gasteiger partial charge on any atom is -0.390 e. The molecule has 4 aliphatic rings. The SMILES string of the molecule is C[C@@H]1C[C@@H]2[C@@](C)(C[C@H](O)[C@]3(F)[C@@]4(C)C=CC(=O)C=C4[C@@H](F)C[C@@]23C)[C]1C=[SH]CF. The number of rotatable bonds is 2. The molecule has 0 unspecified atom stereocenters. The van der Waals surface area contributed by atoms with E-state index in [9.17, 15) is 14.3 Å². The Balaban J connectivity index is 1.88. The van der Waals surface area contributed by atoms with Gasteiger partial charge < -0.3 is 5.11 Å². The normalized spacial score (nSPS) is 52.6. The highest BCUT2D eigenvalue weighted by Crippen LogP contribution is 2.75. The minimum absolute atomic E-state index is 0.0653. The summed E-state index contributed by atoms with van der Waals surface area (Å²) in [6, 6.07) is -0.485. The van der Waals surface area contributed by atoms with Gasteiger partial charge in [-0.15, -0.1) is 0 Å². The number of fused-ring (bicyclic) bond motifs is 5. The Bertz CT molecular complexity index is 825. The molecular weight excluding hydrogens is 397 g/mol. The molecule has 0 bridgehead atoms. The van der Waals surface area contributed by atoms with Gasteiger partial charge in [0.2, 0.25) is 0 Å². The van der Waals surface area contributed by atoms with Crippen LogP contribution in [-0.2, 0) is 4.79 Å². The fourth-order valence-electron chi connectivity index (χ4n) is 7.47. The number of ketones is 1. The molecule has 0 aliphatic heterocycles. The van der Waals surface area contributed by atoms with Crippen LogP contribution in [0.25, 0.3) is 0 Å². The van der Waals surface area contributed by atoms with Crippen molar-refractivity contribution in [3.8, 4) is 0 Å². The van der Waals surface area contributed by atoms with E-state index in [2.05, 4.69) is 6.92 Å². The summed E-state index contributed by atoms with van der Waals surface area (Å²) in [7, 11) is 0. The first kappa shape index (κ1) is 21.4. The topological polar surface area (TPSA) is 37.3 Å². The van der Waals surface area contributed by atoms with Crippen LogP contribution in [0.5, 0.6) is 0 Å². The summed E-state index contributed by atoms with van der Waals surface area (Å²) in [6.07, 6.45) is 2.06. The van der Waals surface area contributed by atoms with Crippen LogP contribution >= 0.6 is 11.4 Å². The molecule has 8 atom stereocenters. The third kappa shape index (κ3) is 2.48. The summed E-state index contributed by atoms with van der Waals surface area (Å²) in [6.45, 7) is 7.48. The number of halogens is 3. The van der Waals surface area contributed by atoms with E-state index in [1.807, 2.05) is 12.3 Å². The van der Waals surface area contributed by atoms with Crippen molar-refractivity contribution >= 4 is 22.5 Å². The molecule has 1 N–H and O–H groups in total. The molecule has 4 rings (SSSR count). The standard InChI is InChI=1S/C23H30F3O2S/c1-13-7-18-20(2,16(13)11-29-12-24)10-19(28)23(26)21(3)6-5-14(27)8-15(21)17(25)9-22(18,23)4/h5-6,8,11,13,17-19,28-29H,7,9-10,12H2,1-4H3/t13-,17+,18-,19+,20+,21+,22+,23+/m1/s1. The van der Waals surface area contributed by atoms with E-state index < -0.39 is 40.2 Å². The summed E-state index contributed by atoms with van der Waals surface area (Å²) in [5.41, 5.74) is -4.95. The zero-order valence-corrected chi connectivity index (χ0v) is 18.3. The molecule has 0 saturated heterocycles. The van der Waals surface area contributed by atoms with Crippen molar-refractivity contribution in [3.63, 3.8) is 0 Å². The van der Waals surface area contributed by atoms with Crippen LogP contribution in [0, 0.1) is 34.0 Å². The molecule has 161 valence electrons. The number of hydrogen-bond acceptors (Lipinski definition) is 2. The van der Waals surface area contributed by atoms with Crippen LogP contribution in [-0.4, -0.2) is 40.2 Å². The van der Waals surface area contributed by atoms with Gasteiger partial charge in [-0.05, 0) is 61.2 Å². The number of carbonyl (C=O) groups excluding carboxylic acids is 1. The van der Waals surface area contributed by atoms with E-state index in [0.717, 1.165) is 5.92 Å². The molecule has 0 heterocycles. The van der Waals surface area contributed by atoms with Crippen molar-refractivity contribution in [3.05, 3.63) is 29.7 Å². The molecule has 4 aliphatic carbocycles. The number of aliphatic hydroxyl groups excluding tert-OH is 1. The lowest BCUT2D eigenvalue weighted by atomic mass is 9.39. The summed E-state index contributed by atoms with van der Waals surface area (Å²) >= 11 is 0.560. The predicted octanol–water partition coefficient (Wildman–Crippen LogP) is 4.71. The van der Waals surface area contributed by atoms with E-state index in [4.69, 9.17) is 0 Å². The molecule has 0 spiro atoms. The number of thiol groups is 1. The molecular formula is C23H30F3O2S. The summed E-state index contributed by atoms with van der Waals surface area (Å²) in [5, 5.41) is 13.2. The Hall–Kier alpha value is -0.880. The molecule has 0 aromatic rings. The highest BCUT2D eigenvalue weighted by molar-refractivity contribution is 7.97. The number of alkyl halides is 3. The fraction of sp³-hybridized carbons (Fsp3) is 0.696. The summed E-state index contributed by atoms with van der Waals surface area (Å²) < 4.78 is 45.6. The maximum Gasteiger partial charge on any atom is 0.178 e. The fourth-order valence-corrected chi connectivity index (χ4v) is 8.28. The Kier molecular flexibility index (Phi) is 4.83. The van der Waals surface area contributed by atoms with Crippen molar-refractivity contribution in [2.75, 3.05) is 6.01 Å². The number of aliphatic hydroxyl groups is 1. The van der Waals surface area contributed by atoms with Crippen molar-refractivity contribution in [2.45, 2.75) is 64.9 Å². The quantitative estimate of drug-likeness (QED) is 0.495. The molecule has 2 nitrogen and oxygen atoms in total. The van der Waals surface area contributed by atoms with Crippen LogP contribution in [0.1, 0.15) is 47.0 Å². The first-order chi connectivity index (χ1) is 13.5. The second kappa shape index (κ2) is 6.56. The highest BCUT2D eigenvalue weighted by Gasteiger charge is 2.77. The Morgan fingerprint density at radius 3 is 2.66 bits per heavy atom. The van der Waals surface area contributed by atoms with E-state index in [1.54, 1.807) is 13.8 Å². The zero-order valence-electron chi connectivity index (χ0n) is 17.4. The largest absolute Gasteiger partial charge is 0.390 e. The molecule has 6 heteroatoms. The summed E-state index contributed by atoms with van der Waals surface area (Å²) in [5.74, 6) is 0.664. The lowest BCUT2D eigenvalue weighted by molar-refractivity contribution is -0.239. The third-order valence-corrected chi connectivity index (χ3v) is 9.30. The maximum absolute atomic E-state index is 17.2. The molecule has 1 radical (unpaired) electrons. The van der Waals surface area contributed by atoms with Crippen LogP contribution in [0.3, 0.4) is 0 Å². The monoisotopic (exact) mass is 427 g/mol. The second-order valence-corrected chi connectivity index (χ2v) is 10.9. The number of carbonyl (C=O) groups is 1. The zero-order chi connectivity index (χ0) is 21.4. The molecule has 3 fully saturated rings. The molecule has 0 aromatic heterocycles. The lowest BCUT2D eigenvalue weighted by Gasteiger charge is -2.67. The first-order valence-electron chi connectivity index (χ1n) is 10.3. The van der Waals surface area contributed by atoms with Crippen LogP contribution < -0.4 is 0 Å². The van der Waals surface area contributed by atoms with Crippen molar-refractivity contribution in [2.24, 2.45) is 28.1 Å². The predicted molar refractivity (Wildman–Crippen MR) is 112 cm³/mol. The molecule has 3 saturated carbocycles. The van der Waals surface area contributed by atoms with Crippen LogP contribution in [0.4, 0.5) is 13.2 Å². The maximum atomic E-state index is 17.2. The van der Waals surface area contributed by atoms with Gasteiger partial charge in [0.15, 0.2) is 11.5 Å². The van der Waals surface area contributed by atoms with Gasteiger partial charge in [0.1, 0.15) is 12.2 Å². The van der Waals surface area contributed by atoms with E-state index in [0.29, 0.717) is 17.8 Å². The lowest BCUT2D eigenvalue weighted by Crippen LogP contribution is -2.72. The van der Waals surface area contributed by atoms with Gasteiger partial charge in [-0.1, -0.05) is 32.2 Å². The Morgan fingerprint density at radius 1 is 1.31 bits per heavy atom.